The van der Waals surface area contributed by atoms with Gasteiger partial charge in [0, 0.05) is 32.6 Å². The van der Waals surface area contributed by atoms with Crippen LogP contribution in [0.2, 0.25) is 0 Å². The summed E-state index contributed by atoms with van der Waals surface area (Å²) in [5, 5.41) is 4.44. The number of hydrogen-bond acceptors (Lipinski definition) is 8. The van der Waals surface area contributed by atoms with E-state index in [2.05, 4.69) is 25.0 Å². The van der Waals surface area contributed by atoms with Gasteiger partial charge < -0.3 is 14.4 Å². The Kier molecular flexibility index (Phi) is 4.86. The molecule has 0 aliphatic carbocycles. The molecule has 0 amide bonds. The van der Waals surface area contributed by atoms with Crippen molar-refractivity contribution < 1.29 is 9.47 Å². The van der Waals surface area contributed by atoms with Gasteiger partial charge in [0.05, 0.1) is 14.2 Å². The van der Waals surface area contributed by atoms with Crippen LogP contribution in [0.4, 0.5) is 5.95 Å². The largest absolute Gasteiger partial charge is 0.467 e. The highest BCUT2D eigenvalue weighted by Crippen LogP contribution is 2.28. The van der Waals surface area contributed by atoms with E-state index < -0.39 is 0 Å². The summed E-state index contributed by atoms with van der Waals surface area (Å²) in [6, 6.07) is 0.430. The molecule has 1 saturated heterocycles. The van der Waals surface area contributed by atoms with Crippen LogP contribution in [0.5, 0.6) is 12.0 Å². The van der Waals surface area contributed by atoms with E-state index in [1.54, 1.807) is 11.6 Å². The standard InChI is InChI=1S/C15H23N7O3/c1-5-22-11(19-20(2)15(22)23)10-7-6-8-21(9-10)12-16-13(24-3)18-14(17-12)25-4/h10H,5-9H2,1-4H3/t10-/m1/s1. The molecule has 1 aliphatic heterocycles. The predicted octanol–water partition coefficient (Wildman–Crippen LogP) is 0.188. The molecule has 0 saturated carbocycles. The molecule has 2 aromatic rings. The topological polar surface area (TPSA) is 100 Å². The molecule has 3 rings (SSSR count). The minimum atomic E-state index is -0.0851. The van der Waals surface area contributed by atoms with Crippen molar-refractivity contribution in [3.8, 4) is 12.0 Å². The van der Waals surface area contributed by atoms with Gasteiger partial charge in [0.1, 0.15) is 5.82 Å². The van der Waals surface area contributed by atoms with E-state index in [-0.39, 0.29) is 23.6 Å². The molecular weight excluding hydrogens is 326 g/mol. The molecule has 25 heavy (non-hydrogen) atoms. The zero-order valence-corrected chi connectivity index (χ0v) is 15.0. The van der Waals surface area contributed by atoms with Crippen molar-refractivity contribution in [2.24, 2.45) is 7.05 Å². The van der Waals surface area contributed by atoms with Crippen LogP contribution in [0.1, 0.15) is 31.5 Å². The maximum absolute atomic E-state index is 12.2. The molecule has 0 aromatic carbocycles. The molecule has 1 fully saturated rings. The number of ether oxygens (including phenoxy) is 2. The third kappa shape index (κ3) is 3.28. The summed E-state index contributed by atoms with van der Waals surface area (Å²) in [6.45, 7) is 4.05. The highest BCUT2D eigenvalue weighted by Gasteiger charge is 2.28. The number of hydrogen-bond donors (Lipinski definition) is 0. The Morgan fingerprint density at radius 2 is 1.84 bits per heavy atom. The van der Waals surface area contributed by atoms with E-state index in [0.29, 0.717) is 19.0 Å². The van der Waals surface area contributed by atoms with Gasteiger partial charge in [0.2, 0.25) is 5.95 Å². The van der Waals surface area contributed by atoms with E-state index in [9.17, 15) is 4.79 Å². The van der Waals surface area contributed by atoms with E-state index >= 15 is 0 Å². The zero-order chi connectivity index (χ0) is 18.0. The lowest BCUT2D eigenvalue weighted by Crippen LogP contribution is -2.37. The Morgan fingerprint density at radius 1 is 1.16 bits per heavy atom. The average molecular weight is 349 g/mol. The van der Waals surface area contributed by atoms with Crippen LogP contribution < -0.4 is 20.1 Å². The summed E-state index contributed by atoms with van der Waals surface area (Å²) in [6.07, 6.45) is 1.92. The highest BCUT2D eigenvalue weighted by molar-refractivity contribution is 5.34. The lowest BCUT2D eigenvalue weighted by molar-refractivity contribution is 0.338. The van der Waals surface area contributed by atoms with Gasteiger partial charge in [-0.1, -0.05) is 0 Å². The van der Waals surface area contributed by atoms with Crippen molar-refractivity contribution in [2.75, 3.05) is 32.2 Å². The first-order valence-electron chi connectivity index (χ1n) is 8.30. The quantitative estimate of drug-likeness (QED) is 0.754. The maximum atomic E-state index is 12.2. The van der Waals surface area contributed by atoms with E-state index in [1.807, 2.05) is 6.92 Å². The van der Waals surface area contributed by atoms with Crippen molar-refractivity contribution in [2.45, 2.75) is 32.2 Å². The number of anilines is 1. The van der Waals surface area contributed by atoms with Gasteiger partial charge in [-0.2, -0.15) is 15.1 Å². The minimum absolute atomic E-state index is 0.0851. The molecule has 0 unspecified atom stereocenters. The van der Waals surface area contributed by atoms with Crippen molar-refractivity contribution in [1.29, 1.82) is 0 Å². The van der Waals surface area contributed by atoms with Crippen LogP contribution in [0.3, 0.4) is 0 Å². The molecule has 3 heterocycles. The Morgan fingerprint density at radius 3 is 2.44 bits per heavy atom. The van der Waals surface area contributed by atoms with Gasteiger partial charge in [-0.25, -0.2) is 9.48 Å². The lowest BCUT2D eigenvalue weighted by atomic mass is 9.97. The third-order valence-corrected chi connectivity index (χ3v) is 4.37. The third-order valence-electron chi connectivity index (χ3n) is 4.37. The van der Waals surface area contributed by atoms with E-state index in [1.165, 1.54) is 18.9 Å². The molecule has 10 nitrogen and oxygen atoms in total. The second kappa shape index (κ2) is 7.08. The van der Waals surface area contributed by atoms with Gasteiger partial charge in [-0.05, 0) is 19.8 Å². The fourth-order valence-electron chi connectivity index (χ4n) is 3.14. The molecule has 0 spiro atoms. The lowest BCUT2D eigenvalue weighted by Gasteiger charge is -2.32. The van der Waals surface area contributed by atoms with Gasteiger partial charge in [0.15, 0.2) is 0 Å². The molecule has 1 atom stereocenters. The van der Waals surface area contributed by atoms with Crippen molar-refractivity contribution in [1.82, 2.24) is 29.3 Å². The van der Waals surface area contributed by atoms with Crippen LogP contribution >= 0.6 is 0 Å². The van der Waals surface area contributed by atoms with Gasteiger partial charge in [-0.15, -0.1) is 4.98 Å². The van der Waals surface area contributed by atoms with E-state index in [0.717, 1.165) is 25.2 Å². The van der Waals surface area contributed by atoms with Crippen LogP contribution in [0, 0.1) is 0 Å². The van der Waals surface area contributed by atoms with Gasteiger partial charge in [-0.3, -0.25) is 4.57 Å². The Balaban J connectivity index is 1.89. The number of aryl methyl sites for hydroxylation is 1. The normalized spacial score (nSPS) is 17.6. The van der Waals surface area contributed by atoms with Crippen LogP contribution in [0.25, 0.3) is 0 Å². The van der Waals surface area contributed by atoms with E-state index in [4.69, 9.17) is 9.47 Å². The van der Waals surface area contributed by atoms with Crippen molar-refractivity contribution in [3.05, 3.63) is 16.3 Å². The fraction of sp³-hybridized carbons (Fsp3) is 0.667. The highest BCUT2D eigenvalue weighted by atomic mass is 16.5. The average Bonchev–Trinajstić information content (AvgIpc) is 2.95. The molecular formula is C15H23N7O3. The van der Waals surface area contributed by atoms with Crippen LogP contribution in [-0.2, 0) is 13.6 Å². The summed E-state index contributed by atoms with van der Waals surface area (Å²) in [4.78, 5) is 26.9. The summed E-state index contributed by atoms with van der Waals surface area (Å²) < 4.78 is 13.4. The minimum Gasteiger partial charge on any atom is -0.467 e. The first-order valence-corrected chi connectivity index (χ1v) is 8.30. The van der Waals surface area contributed by atoms with Gasteiger partial charge in [0.25, 0.3) is 0 Å². The summed E-state index contributed by atoms with van der Waals surface area (Å²) in [5.41, 5.74) is -0.0851. The SMILES string of the molecule is CCn1c([C@@H]2CCCN(c3nc(OC)nc(OC)n3)C2)nn(C)c1=O. The Bertz CT molecular complexity index is 779. The Labute approximate surface area is 145 Å². The van der Waals surface area contributed by atoms with Crippen LogP contribution in [0.15, 0.2) is 4.79 Å². The van der Waals surface area contributed by atoms with Crippen molar-refractivity contribution >= 4 is 5.95 Å². The number of piperidine rings is 1. The smallest absolute Gasteiger partial charge is 0.345 e. The van der Waals surface area contributed by atoms with Gasteiger partial charge >= 0.3 is 17.7 Å². The summed E-state index contributed by atoms with van der Waals surface area (Å²) in [7, 11) is 4.69. The summed E-state index contributed by atoms with van der Waals surface area (Å²) in [5.74, 6) is 1.46. The fourth-order valence-corrected chi connectivity index (χ4v) is 3.14. The maximum Gasteiger partial charge on any atom is 0.345 e. The second-order valence-electron chi connectivity index (χ2n) is 5.90. The zero-order valence-electron chi connectivity index (χ0n) is 15.0. The molecule has 10 heteroatoms. The van der Waals surface area contributed by atoms with Crippen molar-refractivity contribution in [3.63, 3.8) is 0 Å². The molecule has 0 N–H and O–H groups in total. The number of methoxy groups -OCH3 is 2. The first-order chi connectivity index (χ1) is 12.1. The molecule has 0 bridgehead atoms. The number of rotatable bonds is 5. The van der Waals surface area contributed by atoms with Crippen LogP contribution in [-0.4, -0.2) is 56.6 Å². The summed E-state index contributed by atoms with van der Waals surface area (Å²) >= 11 is 0. The molecule has 0 radical (unpaired) electrons. The monoisotopic (exact) mass is 349 g/mol. The first kappa shape index (κ1) is 17.2. The second-order valence-corrected chi connectivity index (χ2v) is 5.90. The predicted molar refractivity (Wildman–Crippen MR) is 90.3 cm³/mol. The Hall–Kier alpha value is -2.65. The molecule has 1 aliphatic rings. The molecule has 136 valence electrons. The number of nitrogens with zero attached hydrogens (tertiary/aromatic N) is 7. The molecule has 2 aromatic heterocycles. The number of aromatic nitrogens is 6.